The summed E-state index contributed by atoms with van der Waals surface area (Å²) in [7, 11) is -5.62. The Morgan fingerprint density at radius 3 is 1.33 bits per heavy atom. The molecule has 0 bridgehead atoms. The summed E-state index contributed by atoms with van der Waals surface area (Å²) >= 11 is 0. The Hall–Kier alpha value is -1.26. The van der Waals surface area contributed by atoms with Gasteiger partial charge in [-0.1, -0.05) is 96.8 Å². The van der Waals surface area contributed by atoms with Crippen LogP contribution in [0.2, 0.25) is 0 Å². The number of aliphatic hydroxyl groups excluding tert-OH is 15. The molecule has 1 aliphatic carbocycles. The Morgan fingerprint density at radius 1 is 0.493 bits per heavy atom. The van der Waals surface area contributed by atoms with E-state index in [0.29, 0.717) is 6.42 Å². The molecule has 23 atom stereocenters. The van der Waals surface area contributed by atoms with Gasteiger partial charge in [-0.05, 0) is 6.42 Å². The molecule has 0 aromatic rings. The molecule has 0 aromatic heterocycles. The van der Waals surface area contributed by atoms with Crippen LogP contribution in [0.3, 0.4) is 0 Å². The van der Waals surface area contributed by atoms with Gasteiger partial charge in [-0.15, -0.1) is 0 Å². The summed E-state index contributed by atoms with van der Waals surface area (Å²) in [5, 5.41) is 158. The Kier molecular flexibility index (Phi) is 28.1. The van der Waals surface area contributed by atoms with Gasteiger partial charge in [-0.2, -0.15) is 0 Å². The van der Waals surface area contributed by atoms with Gasteiger partial charge < -0.3 is 115 Å². The number of phosphoric acid groups is 1. The number of aliphatic hydroxyl groups is 15. The third-order valence-electron chi connectivity index (χ3n) is 13.5. The van der Waals surface area contributed by atoms with Crippen molar-refractivity contribution in [3.63, 3.8) is 0 Å². The molecule has 28 heteroatoms. The average Bonchev–Trinajstić information content (AvgIpc) is 3.37. The molecule has 4 fully saturated rings. The molecule has 0 radical (unpaired) electrons. The summed E-state index contributed by atoms with van der Waals surface area (Å²) in [4.78, 5) is 23.4. The molecule has 3 saturated heterocycles. The van der Waals surface area contributed by atoms with E-state index >= 15 is 0 Å². The summed E-state index contributed by atoms with van der Waals surface area (Å²) in [6.45, 7) is -2.18. The van der Waals surface area contributed by atoms with Gasteiger partial charge in [0.05, 0.1) is 26.4 Å². The number of esters is 1. The summed E-state index contributed by atoms with van der Waals surface area (Å²) in [5.41, 5.74) is 0. The fourth-order valence-electron chi connectivity index (χ4n) is 8.97. The molecule has 16 N–H and O–H groups in total. The maximum Gasteiger partial charge on any atom is 0.472 e. The van der Waals surface area contributed by atoms with Gasteiger partial charge in [0.25, 0.3) is 0 Å². The fraction of sp³-hybridized carbons (Fsp3) is 0.978. The lowest BCUT2D eigenvalue weighted by Gasteiger charge is -2.49. The standard InChI is InChI=1S/C45H83O27P/c1-2-3-4-5-6-7-8-9-10-11-12-13-14-15-16-17-27(49)64-20-23(48)21-66-73(62,63)72-42-40(70-44-38(60)32(54)29(51)25(19-47)68-44)35(57)34(56)36(58)41(42)71-45-39(61)33(55)30(52)26(69-45)22-65-43-37(59)31(53)28(50)24(18-46)67-43/h23-26,28-48,50-61H,2-22H2,1H3,(H,62,63)/t23-,24?,25?,26?,28+,29-,30+,31?,32?,33?,34+,35?,36?,37+,38-,39+,40-,41?,42+,43-,44-,45+/m1/s1. The molecule has 0 spiro atoms. The first-order valence-electron chi connectivity index (χ1n) is 25.4. The number of phosphoric ester groups is 1. The Labute approximate surface area is 423 Å². The second kappa shape index (κ2) is 32.0. The number of carbonyl (C=O) groups is 1. The first-order chi connectivity index (χ1) is 34.7. The van der Waals surface area contributed by atoms with Crippen LogP contribution < -0.4 is 0 Å². The van der Waals surface area contributed by atoms with E-state index < -0.39 is 182 Å². The minimum Gasteiger partial charge on any atom is -0.463 e. The Morgan fingerprint density at radius 2 is 0.877 bits per heavy atom. The normalized spacial score (nSPS) is 39.5. The number of hydrogen-bond donors (Lipinski definition) is 16. The van der Waals surface area contributed by atoms with Crippen molar-refractivity contribution < 1.29 is 133 Å². The number of unbranched alkanes of at least 4 members (excludes halogenated alkanes) is 14. The van der Waals surface area contributed by atoms with Crippen LogP contribution in [0.25, 0.3) is 0 Å². The van der Waals surface area contributed by atoms with E-state index in [2.05, 4.69) is 6.92 Å². The van der Waals surface area contributed by atoms with E-state index in [-0.39, 0.29) is 6.42 Å². The van der Waals surface area contributed by atoms with Crippen molar-refractivity contribution in [2.45, 2.75) is 245 Å². The quantitative estimate of drug-likeness (QED) is 0.0173. The van der Waals surface area contributed by atoms with Crippen LogP contribution in [0.15, 0.2) is 0 Å². The van der Waals surface area contributed by atoms with Crippen molar-refractivity contribution in [3.05, 3.63) is 0 Å². The highest BCUT2D eigenvalue weighted by Crippen LogP contribution is 2.48. The van der Waals surface area contributed by atoms with Crippen LogP contribution >= 0.6 is 7.82 Å². The van der Waals surface area contributed by atoms with Crippen molar-refractivity contribution in [1.29, 1.82) is 0 Å². The predicted octanol–water partition coefficient (Wildman–Crippen LogP) is -4.06. The molecule has 1 saturated carbocycles. The van der Waals surface area contributed by atoms with E-state index in [9.17, 15) is 90.9 Å². The molecule has 430 valence electrons. The molecule has 0 aromatic carbocycles. The largest absolute Gasteiger partial charge is 0.472 e. The summed E-state index contributed by atoms with van der Waals surface area (Å²) < 4.78 is 62.0. The van der Waals surface area contributed by atoms with Crippen LogP contribution in [-0.2, 0) is 51.6 Å². The third-order valence-corrected chi connectivity index (χ3v) is 14.5. The highest BCUT2D eigenvalue weighted by Gasteiger charge is 2.58. The second-order valence-corrected chi connectivity index (χ2v) is 20.7. The lowest BCUT2D eigenvalue weighted by atomic mass is 9.84. The third kappa shape index (κ3) is 19.0. The number of rotatable bonds is 32. The van der Waals surface area contributed by atoms with E-state index in [4.69, 9.17) is 42.2 Å². The van der Waals surface area contributed by atoms with Gasteiger partial charge in [0.15, 0.2) is 18.9 Å². The monoisotopic (exact) mass is 1090 g/mol. The zero-order valence-corrected chi connectivity index (χ0v) is 42.0. The first-order valence-corrected chi connectivity index (χ1v) is 26.9. The summed E-state index contributed by atoms with van der Waals surface area (Å²) in [6.07, 6.45) is -28.1. The van der Waals surface area contributed by atoms with E-state index in [1.807, 2.05) is 0 Å². The molecule has 3 heterocycles. The van der Waals surface area contributed by atoms with Crippen LogP contribution in [0.1, 0.15) is 110 Å². The van der Waals surface area contributed by atoms with Gasteiger partial charge in [0.1, 0.15) is 123 Å². The SMILES string of the molecule is CCCCCCCCCCCCCCCCCC(=O)OC[C@@H](O)COP(=O)(O)O[C@@H]1C(O[C@@H]2OC(CO[C@@H]3OC(CO)[C@H](O)C(O)[C@@H]3O)[C@H](O)C(O)[C@@H]2O)C(O)[C@@H](O)C(O)[C@H]1O[C@H]1OC(CO)[C@@H](O)C(O)[C@H]1O. The number of carbonyl (C=O) groups excluding carboxylic acids is 1. The molecule has 27 nitrogen and oxygen atoms in total. The van der Waals surface area contributed by atoms with E-state index in [1.165, 1.54) is 57.8 Å². The zero-order valence-electron chi connectivity index (χ0n) is 41.1. The minimum atomic E-state index is -5.62. The zero-order chi connectivity index (χ0) is 54.0. The topological polar surface area (TPSA) is 441 Å². The molecule has 4 aliphatic rings. The molecule has 4 rings (SSSR count). The van der Waals surface area contributed by atoms with Gasteiger partial charge in [0, 0.05) is 6.42 Å². The Bertz CT molecular complexity index is 1590. The van der Waals surface area contributed by atoms with Crippen LogP contribution in [0.4, 0.5) is 0 Å². The average molecular weight is 1090 g/mol. The minimum absolute atomic E-state index is 0.0459. The molecule has 10 unspecified atom stereocenters. The second-order valence-electron chi connectivity index (χ2n) is 19.3. The van der Waals surface area contributed by atoms with Crippen molar-refractivity contribution in [3.8, 4) is 0 Å². The summed E-state index contributed by atoms with van der Waals surface area (Å²) in [5.74, 6) is -0.651. The Balaban J connectivity index is 1.38. The highest BCUT2D eigenvalue weighted by molar-refractivity contribution is 7.47. The van der Waals surface area contributed by atoms with Crippen LogP contribution in [0.5, 0.6) is 0 Å². The molecular weight excluding hydrogens is 1000 g/mol. The van der Waals surface area contributed by atoms with Crippen molar-refractivity contribution >= 4 is 13.8 Å². The van der Waals surface area contributed by atoms with Gasteiger partial charge in [0.2, 0.25) is 0 Å². The first kappa shape index (κ1) is 64.3. The highest BCUT2D eigenvalue weighted by atomic mass is 31.2. The fourth-order valence-corrected chi connectivity index (χ4v) is 9.94. The van der Waals surface area contributed by atoms with Crippen molar-refractivity contribution in [1.82, 2.24) is 0 Å². The van der Waals surface area contributed by atoms with E-state index in [1.54, 1.807) is 0 Å². The lowest BCUT2D eigenvalue weighted by Crippen LogP contribution is -2.69. The van der Waals surface area contributed by atoms with E-state index in [0.717, 1.165) is 32.1 Å². The molecule has 3 aliphatic heterocycles. The number of hydrogen-bond acceptors (Lipinski definition) is 26. The van der Waals surface area contributed by atoms with Gasteiger partial charge in [-0.25, -0.2) is 4.57 Å². The predicted molar refractivity (Wildman–Crippen MR) is 245 cm³/mol. The maximum absolute atomic E-state index is 13.6. The van der Waals surface area contributed by atoms with Crippen LogP contribution in [-0.4, -0.2) is 255 Å². The molecule has 0 amide bonds. The number of ether oxygens (including phenoxy) is 7. The van der Waals surface area contributed by atoms with Gasteiger partial charge in [-0.3, -0.25) is 13.8 Å². The smallest absolute Gasteiger partial charge is 0.463 e. The summed E-state index contributed by atoms with van der Waals surface area (Å²) in [6, 6.07) is 0. The maximum atomic E-state index is 13.6. The van der Waals surface area contributed by atoms with Crippen molar-refractivity contribution in [2.75, 3.05) is 33.0 Å². The molecular formula is C45H83O27P. The lowest BCUT2D eigenvalue weighted by molar-refractivity contribution is -0.364. The van der Waals surface area contributed by atoms with Crippen LogP contribution in [0, 0.1) is 0 Å². The van der Waals surface area contributed by atoms with Gasteiger partial charge >= 0.3 is 13.8 Å². The molecule has 73 heavy (non-hydrogen) atoms. The van der Waals surface area contributed by atoms with Crippen molar-refractivity contribution in [2.24, 2.45) is 0 Å².